The predicted octanol–water partition coefficient (Wildman–Crippen LogP) is 2.98. The molecule has 0 bridgehead atoms. The first-order valence-corrected chi connectivity index (χ1v) is 14.2. The molecule has 0 unspecified atom stereocenters. The Balaban J connectivity index is 2.05. The first-order valence-electron chi connectivity index (χ1n) is 10.2. The number of halogens is 2. The first-order chi connectivity index (χ1) is 15.8. The van der Waals surface area contributed by atoms with Crippen molar-refractivity contribution in [3.05, 3.63) is 52.5 Å². The highest BCUT2D eigenvalue weighted by molar-refractivity contribution is 7.92. The van der Waals surface area contributed by atoms with Gasteiger partial charge in [0, 0.05) is 19.1 Å². The first kappa shape index (κ1) is 28.2. The largest absolute Gasteiger partial charge is 0.492 e. The highest BCUT2D eigenvalue weighted by Gasteiger charge is 2.32. The van der Waals surface area contributed by atoms with E-state index in [-0.39, 0.29) is 40.2 Å². The van der Waals surface area contributed by atoms with Gasteiger partial charge in [0.15, 0.2) is 0 Å². The van der Waals surface area contributed by atoms with E-state index in [2.05, 4.69) is 5.32 Å². The minimum Gasteiger partial charge on any atom is -0.492 e. The zero-order valence-corrected chi connectivity index (χ0v) is 22.3. The second-order valence-electron chi connectivity index (χ2n) is 7.48. The van der Waals surface area contributed by atoms with Gasteiger partial charge in [-0.25, -0.2) is 21.1 Å². The molecule has 0 saturated carbocycles. The van der Waals surface area contributed by atoms with Crippen LogP contribution in [-0.4, -0.2) is 66.6 Å². The van der Waals surface area contributed by atoms with Crippen molar-refractivity contribution in [3.63, 3.8) is 0 Å². The lowest BCUT2D eigenvalue weighted by atomic mass is 10.2. The summed E-state index contributed by atoms with van der Waals surface area (Å²) in [6.07, 6.45) is 1.17. The van der Waals surface area contributed by atoms with E-state index in [0.29, 0.717) is 5.75 Å². The molecule has 0 radical (unpaired) electrons. The van der Waals surface area contributed by atoms with E-state index in [1.54, 1.807) is 6.92 Å². The SMILES string of the molecule is CC[C@H](C(=O)NCCOc1ccc(S(=O)(=O)N(C)C)cc1)N(c1cc(Cl)ccc1Cl)S(C)(=O)=O. The molecule has 0 aromatic heterocycles. The fourth-order valence-electron chi connectivity index (χ4n) is 3.07. The van der Waals surface area contributed by atoms with Crippen molar-refractivity contribution in [1.29, 1.82) is 0 Å². The van der Waals surface area contributed by atoms with Gasteiger partial charge in [0.1, 0.15) is 18.4 Å². The van der Waals surface area contributed by atoms with Gasteiger partial charge < -0.3 is 10.1 Å². The van der Waals surface area contributed by atoms with E-state index in [0.717, 1.165) is 14.9 Å². The molecular formula is C21H27Cl2N3O6S2. The van der Waals surface area contributed by atoms with Crippen LogP contribution in [0.15, 0.2) is 47.4 Å². The second-order valence-corrected chi connectivity index (χ2v) is 12.3. The standard InChI is InChI=1S/C21H27Cl2N3O6S2/c1-5-19(26(33(4,28)29)20-14-15(22)6-11-18(20)23)21(27)24-12-13-32-16-7-9-17(10-8-16)34(30,31)25(2)3/h6-11,14,19H,5,12-13H2,1-4H3,(H,24,27)/t19-/m1/s1. The summed E-state index contributed by atoms with van der Waals surface area (Å²) >= 11 is 12.2. The Morgan fingerprint density at radius 3 is 2.21 bits per heavy atom. The molecule has 0 fully saturated rings. The average Bonchev–Trinajstić information content (AvgIpc) is 2.76. The number of rotatable bonds is 11. The van der Waals surface area contributed by atoms with Crippen LogP contribution in [0, 0.1) is 0 Å². The summed E-state index contributed by atoms with van der Waals surface area (Å²) in [6, 6.07) is 9.20. The highest BCUT2D eigenvalue weighted by atomic mass is 35.5. The third-order valence-corrected chi connectivity index (χ3v) is 8.30. The molecule has 2 aromatic rings. The number of carbonyl (C=O) groups is 1. The van der Waals surface area contributed by atoms with Crippen molar-refractivity contribution in [3.8, 4) is 5.75 Å². The lowest BCUT2D eigenvalue weighted by molar-refractivity contribution is -0.122. The average molecular weight is 553 g/mol. The molecule has 0 aliphatic heterocycles. The van der Waals surface area contributed by atoms with Gasteiger partial charge in [-0.3, -0.25) is 9.10 Å². The minimum atomic E-state index is -3.86. The number of amides is 1. The third-order valence-electron chi connectivity index (χ3n) is 4.75. The summed E-state index contributed by atoms with van der Waals surface area (Å²) in [5.41, 5.74) is 0.114. The molecule has 1 N–H and O–H groups in total. The van der Waals surface area contributed by atoms with Crippen molar-refractivity contribution in [2.45, 2.75) is 24.3 Å². The van der Waals surface area contributed by atoms with Crippen LogP contribution in [0.2, 0.25) is 10.0 Å². The van der Waals surface area contributed by atoms with Crippen molar-refractivity contribution < 1.29 is 26.4 Å². The normalized spacial score (nSPS) is 12.9. The fourth-order valence-corrected chi connectivity index (χ4v) is 5.61. The Hall–Kier alpha value is -2.05. The van der Waals surface area contributed by atoms with Crippen molar-refractivity contribution in [2.75, 3.05) is 37.8 Å². The Morgan fingerprint density at radius 1 is 1.06 bits per heavy atom. The van der Waals surface area contributed by atoms with Gasteiger partial charge in [0.2, 0.25) is 26.0 Å². The molecule has 9 nitrogen and oxygen atoms in total. The van der Waals surface area contributed by atoms with Gasteiger partial charge in [-0.2, -0.15) is 0 Å². The van der Waals surface area contributed by atoms with Crippen LogP contribution in [0.1, 0.15) is 13.3 Å². The molecule has 0 heterocycles. The van der Waals surface area contributed by atoms with Crippen molar-refractivity contribution in [1.82, 2.24) is 9.62 Å². The molecule has 0 aliphatic carbocycles. The lowest BCUT2D eigenvalue weighted by Gasteiger charge is -2.30. The maximum Gasteiger partial charge on any atom is 0.244 e. The van der Waals surface area contributed by atoms with Gasteiger partial charge in [-0.05, 0) is 48.9 Å². The molecule has 1 atom stereocenters. The number of anilines is 1. The molecule has 1 amide bonds. The number of ether oxygens (including phenoxy) is 1. The van der Waals surface area contributed by atoms with Crippen LogP contribution in [-0.2, 0) is 24.8 Å². The van der Waals surface area contributed by atoms with E-state index in [9.17, 15) is 21.6 Å². The van der Waals surface area contributed by atoms with Crippen LogP contribution in [0.3, 0.4) is 0 Å². The van der Waals surface area contributed by atoms with E-state index in [1.807, 2.05) is 0 Å². The summed E-state index contributed by atoms with van der Waals surface area (Å²) in [5, 5.41) is 3.08. The van der Waals surface area contributed by atoms with E-state index >= 15 is 0 Å². The van der Waals surface area contributed by atoms with E-state index in [4.69, 9.17) is 27.9 Å². The van der Waals surface area contributed by atoms with Crippen LogP contribution in [0.25, 0.3) is 0 Å². The van der Waals surface area contributed by atoms with Crippen molar-refractivity contribution >= 4 is 54.8 Å². The second kappa shape index (κ2) is 11.6. The number of benzene rings is 2. The lowest BCUT2D eigenvalue weighted by Crippen LogP contribution is -2.50. The number of nitrogens with zero attached hydrogens (tertiary/aromatic N) is 2. The number of hydrogen-bond acceptors (Lipinski definition) is 6. The van der Waals surface area contributed by atoms with Crippen LogP contribution in [0.5, 0.6) is 5.75 Å². The topological polar surface area (TPSA) is 113 Å². The number of carbonyl (C=O) groups excluding carboxylic acids is 1. The zero-order valence-electron chi connectivity index (χ0n) is 19.2. The summed E-state index contributed by atoms with van der Waals surface area (Å²) in [7, 11) is -4.52. The molecule has 2 rings (SSSR count). The summed E-state index contributed by atoms with van der Waals surface area (Å²) < 4.78 is 56.9. The smallest absolute Gasteiger partial charge is 0.244 e. The molecule has 13 heteroatoms. The summed E-state index contributed by atoms with van der Waals surface area (Å²) in [6.45, 7) is 1.85. The molecule has 0 spiro atoms. The molecule has 0 saturated heterocycles. The predicted molar refractivity (Wildman–Crippen MR) is 134 cm³/mol. The van der Waals surface area contributed by atoms with Crippen LogP contribution in [0.4, 0.5) is 5.69 Å². The molecule has 2 aromatic carbocycles. The molecule has 0 aliphatic rings. The monoisotopic (exact) mass is 551 g/mol. The van der Waals surface area contributed by atoms with Crippen molar-refractivity contribution in [2.24, 2.45) is 0 Å². The van der Waals surface area contributed by atoms with Gasteiger partial charge in [-0.15, -0.1) is 0 Å². The molecule has 188 valence electrons. The Kier molecular flexibility index (Phi) is 9.61. The van der Waals surface area contributed by atoms with E-state index in [1.165, 1.54) is 56.6 Å². The maximum absolute atomic E-state index is 12.8. The summed E-state index contributed by atoms with van der Waals surface area (Å²) in [4.78, 5) is 13.0. The van der Waals surface area contributed by atoms with Gasteiger partial charge in [0.05, 0.1) is 28.4 Å². The van der Waals surface area contributed by atoms with E-state index < -0.39 is 32.0 Å². The maximum atomic E-state index is 12.8. The fraction of sp³-hybridized carbons (Fsp3) is 0.381. The number of nitrogens with one attached hydrogen (secondary N) is 1. The molecule has 34 heavy (non-hydrogen) atoms. The Labute approximate surface area is 210 Å². The Morgan fingerprint density at radius 2 is 1.68 bits per heavy atom. The number of sulfonamides is 2. The minimum absolute atomic E-state index is 0.0821. The number of hydrogen-bond donors (Lipinski definition) is 1. The zero-order chi connectivity index (χ0) is 25.7. The van der Waals surface area contributed by atoms with Gasteiger partial charge in [-0.1, -0.05) is 30.1 Å². The third kappa shape index (κ3) is 6.98. The summed E-state index contributed by atoms with van der Waals surface area (Å²) in [5.74, 6) is -0.109. The van der Waals surface area contributed by atoms with Gasteiger partial charge >= 0.3 is 0 Å². The van der Waals surface area contributed by atoms with Crippen LogP contribution < -0.4 is 14.4 Å². The Bertz CT molecular complexity index is 1220. The highest BCUT2D eigenvalue weighted by Crippen LogP contribution is 2.32. The van der Waals surface area contributed by atoms with Crippen LogP contribution >= 0.6 is 23.2 Å². The quantitative estimate of drug-likeness (QED) is 0.429. The molecular weight excluding hydrogens is 525 g/mol. The van der Waals surface area contributed by atoms with Gasteiger partial charge in [0.25, 0.3) is 0 Å².